The zero-order valence-electron chi connectivity index (χ0n) is 4.97. The summed E-state index contributed by atoms with van der Waals surface area (Å²) in [5, 5.41) is 2.47. The minimum atomic E-state index is -0.204. The molecule has 1 rings (SSSR count). The summed E-state index contributed by atoms with van der Waals surface area (Å²) < 4.78 is 0. The highest BCUT2D eigenvalue weighted by atomic mass is 32.1. The lowest BCUT2D eigenvalue weighted by Gasteiger charge is -2.02. The third-order valence-corrected chi connectivity index (χ3v) is 1.65. The molecular weight excluding hydrogens is 136 g/mol. The van der Waals surface area contributed by atoms with Gasteiger partial charge >= 0.3 is 6.03 Å². The molecular formula is C5H6N2OS. The number of thiocarbonyl (C=S) groups is 1. The molecule has 0 spiro atoms. The summed E-state index contributed by atoms with van der Waals surface area (Å²) in [6.07, 6.45) is 0. The lowest BCUT2D eigenvalue weighted by atomic mass is 10.5. The van der Waals surface area contributed by atoms with Crippen LogP contribution in [0.25, 0.3) is 0 Å². The lowest BCUT2D eigenvalue weighted by molar-refractivity contribution is 0.234. The fourth-order valence-electron chi connectivity index (χ4n) is 0.561. The SMILES string of the molecule is C=C1NC(=O)N(C)C1=S. The maximum absolute atomic E-state index is 10.7. The first-order valence-electron chi connectivity index (χ1n) is 2.41. The highest BCUT2D eigenvalue weighted by molar-refractivity contribution is 7.80. The maximum Gasteiger partial charge on any atom is 0.326 e. The highest BCUT2D eigenvalue weighted by Gasteiger charge is 2.24. The molecule has 1 saturated heterocycles. The first-order valence-corrected chi connectivity index (χ1v) is 2.81. The summed E-state index contributed by atoms with van der Waals surface area (Å²) in [6.45, 7) is 3.52. The number of hydrogen-bond acceptors (Lipinski definition) is 2. The van der Waals surface area contributed by atoms with E-state index in [1.807, 2.05) is 0 Å². The molecule has 9 heavy (non-hydrogen) atoms. The smallest absolute Gasteiger partial charge is 0.305 e. The van der Waals surface area contributed by atoms with E-state index in [0.717, 1.165) is 0 Å². The van der Waals surface area contributed by atoms with Gasteiger partial charge in [-0.2, -0.15) is 0 Å². The van der Waals surface area contributed by atoms with Crippen LogP contribution in [0.1, 0.15) is 0 Å². The van der Waals surface area contributed by atoms with E-state index < -0.39 is 0 Å². The van der Waals surface area contributed by atoms with Crippen LogP contribution in [-0.2, 0) is 0 Å². The Morgan fingerprint density at radius 3 is 2.44 bits per heavy atom. The van der Waals surface area contributed by atoms with Crippen LogP contribution in [0, 0.1) is 0 Å². The van der Waals surface area contributed by atoms with Crippen LogP contribution in [0.15, 0.2) is 12.3 Å². The van der Waals surface area contributed by atoms with Crippen molar-refractivity contribution in [3.63, 3.8) is 0 Å². The summed E-state index contributed by atoms with van der Waals surface area (Å²) in [5.74, 6) is 0. The van der Waals surface area contributed by atoms with Crippen LogP contribution in [0.2, 0.25) is 0 Å². The average Bonchev–Trinajstić information content (AvgIpc) is 1.98. The second kappa shape index (κ2) is 1.80. The van der Waals surface area contributed by atoms with Crippen LogP contribution in [0.4, 0.5) is 4.79 Å². The van der Waals surface area contributed by atoms with E-state index >= 15 is 0 Å². The van der Waals surface area contributed by atoms with Gasteiger partial charge in [0.2, 0.25) is 0 Å². The van der Waals surface area contributed by atoms with Crippen LogP contribution >= 0.6 is 12.2 Å². The number of urea groups is 1. The van der Waals surface area contributed by atoms with Gasteiger partial charge in [0, 0.05) is 7.05 Å². The van der Waals surface area contributed by atoms with Gasteiger partial charge in [0.05, 0.1) is 5.70 Å². The van der Waals surface area contributed by atoms with E-state index in [1.54, 1.807) is 7.05 Å². The largest absolute Gasteiger partial charge is 0.326 e. The van der Waals surface area contributed by atoms with E-state index in [4.69, 9.17) is 12.2 Å². The van der Waals surface area contributed by atoms with Gasteiger partial charge in [-0.05, 0) is 0 Å². The molecule has 0 aromatic heterocycles. The first-order chi connectivity index (χ1) is 4.13. The third-order valence-electron chi connectivity index (χ3n) is 1.13. The Morgan fingerprint density at radius 2 is 2.33 bits per heavy atom. The minimum Gasteiger partial charge on any atom is -0.305 e. The first kappa shape index (κ1) is 6.22. The molecule has 0 unspecified atom stereocenters. The van der Waals surface area contributed by atoms with Crippen molar-refractivity contribution in [1.29, 1.82) is 0 Å². The second-order valence-electron chi connectivity index (χ2n) is 1.77. The van der Waals surface area contributed by atoms with Crippen molar-refractivity contribution in [3.8, 4) is 0 Å². The zero-order valence-corrected chi connectivity index (χ0v) is 5.79. The van der Waals surface area contributed by atoms with Crippen molar-refractivity contribution in [2.24, 2.45) is 0 Å². The van der Waals surface area contributed by atoms with Gasteiger partial charge in [-0.1, -0.05) is 18.8 Å². The van der Waals surface area contributed by atoms with E-state index in [1.165, 1.54) is 4.90 Å². The molecule has 2 amide bonds. The van der Waals surface area contributed by atoms with Gasteiger partial charge in [-0.25, -0.2) is 4.79 Å². The van der Waals surface area contributed by atoms with E-state index in [0.29, 0.717) is 10.7 Å². The standard InChI is InChI=1S/C5H6N2OS/c1-3-4(9)7(2)5(8)6-3/h1H2,2H3,(H,6,8). The quantitative estimate of drug-likeness (QED) is 0.394. The predicted molar refractivity (Wildman–Crippen MR) is 38.0 cm³/mol. The Bertz CT molecular complexity index is 199. The number of carbonyl (C=O) groups is 1. The second-order valence-corrected chi connectivity index (χ2v) is 2.16. The molecule has 1 heterocycles. The highest BCUT2D eigenvalue weighted by Crippen LogP contribution is 2.05. The van der Waals surface area contributed by atoms with E-state index in [2.05, 4.69) is 11.9 Å². The molecule has 1 aliphatic rings. The van der Waals surface area contributed by atoms with Gasteiger partial charge in [0.25, 0.3) is 0 Å². The number of hydrogen-bond donors (Lipinski definition) is 1. The number of rotatable bonds is 0. The zero-order chi connectivity index (χ0) is 7.02. The molecule has 1 fully saturated rings. The van der Waals surface area contributed by atoms with Crippen molar-refractivity contribution in [2.45, 2.75) is 0 Å². The fraction of sp³-hybridized carbons (Fsp3) is 0.200. The molecule has 0 atom stereocenters. The van der Waals surface area contributed by atoms with Crippen molar-refractivity contribution in [1.82, 2.24) is 10.2 Å². The molecule has 0 bridgehead atoms. The topological polar surface area (TPSA) is 32.3 Å². The Morgan fingerprint density at radius 1 is 1.78 bits per heavy atom. The Labute approximate surface area is 58.3 Å². The van der Waals surface area contributed by atoms with Crippen molar-refractivity contribution >= 4 is 23.2 Å². The summed E-state index contributed by atoms with van der Waals surface area (Å²) in [7, 11) is 1.61. The normalized spacial score (nSPS) is 18.8. The van der Waals surface area contributed by atoms with Gasteiger partial charge in [-0.3, -0.25) is 4.90 Å². The van der Waals surface area contributed by atoms with Gasteiger partial charge in [0.1, 0.15) is 4.99 Å². The number of carbonyl (C=O) groups excluding carboxylic acids is 1. The average molecular weight is 142 g/mol. The summed E-state index contributed by atoms with van der Waals surface area (Å²) in [4.78, 5) is 12.5. The van der Waals surface area contributed by atoms with Crippen LogP contribution in [0.3, 0.4) is 0 Å². The maximum atomic E-state index is 10.7. The van der Waals surface area contributed by atoms with Crippen LogP contribution in [0.5, 0.6) is 0 Å². The third kappa shape index (κ3) is 0.810. The number of nitrogens with one attached hydrogen (secondary N) is 1. The fourth-order valence-corrected chi connectivity index (χ4v) is 0.695. The predicted octanol–water partition coefficient (Wildman–Crippen LogP) is 0.483. The summed E-state index contributed by atoms with van der Waals surface area (Å²) in [5.41, 5.74) is 0.512. The van der Waals surface area contributed by atoms with E-state index in [-0.39, 0.29) is 6.03 Å². The Balaban J connectivity index is 2.90. The Hall–Kier alpha value is -0.900. The van der Waals surface area contributed by atoms with Crippen LogP contribution in [-0.4, -0.2) is 23.0 Å². The molecule has 0 aliphatic carbocycles. The van der Waals surface area contributed by atoms with Gasteiger partial charge < -0.3 is 5.32 Å². The molecule has 0 radical (unpaired) electrons. The minimum absolute atomic E-state index is 0.204. The van der Waals surface area contributed by atoms with Crippen molar-refractivity contribution < 1.29 is 4.79 Å². The molecule has 4 heteroatoms. The number of amides is 2. The van der Waals surface area contributed by atoms with Gasteiger partial charge in [0.15, 0.2) is 0 Å². The molecule has 0 saturated carbocycles. The molecule has 1 aliphatic heterocycles. The van der Waals surface area contributed by atoms with Crippen molar-refractivity contribution in [3.05, 3.63) is 12.3 Å². The monoisotopic (exact) mass is 142 g/mol. The number of nitrogens with zero attached hydrogens (tertiary/aromatic N) is 1. The molecule has 48 valence electrons. The summed E-state index contributed by atoms with van der Waals surface area (Å²) in [6, 6.07) is -0.204. The van der Waals surface area contributed by atoms with E-state index in [9.17, 15) is 4.79 Å². The number of likely N-dealkylation sites (N-methyl/N-ethyl adjacent to an activating group) is 1. The lowest BCUT2D eigenvalue weighted by Crippen LogP contribution is -2.25. The molecule has 0 aromatic carbocycles. The summed E-state index contributed by atoms with van der Waals surface area (Å²) >= 11 is 4.78. The Kier molecular flexibility index (Phi) is 1.25. The van der Waals surface area contributed by atoms with Crippen molar-refractivity contribution in [2.75, 3.05) is 7.05 Å². The molecule has 3 nitrogen and oxygen atoms in total. The molecule has 0 aromatic rings. The van der Waals surface area contributed by atoms with Crippen LogP contribution < -0.4 is 5.32 Å². The molecule has 1 N–H and O–H groups in total. The van der Waals surface area contributed by atoms with Gasteiger partial charge in [-0.15, -0.1) is 0 Å².